The fourth-order valence-corrected chi connectivity index (χ4v) is 1.91. The van der Waals surface area contributed by atoms with E-state index in [0.717, 1.165) is 11.3 Å². The first-order valence-electron chi connectivity index (χ1n) is 5.65. The van der Waals surface area contributed by atoms with Gasteiger partial charge in [0.2, 0.25) is 0 Å². The minimum atomic E-state index is -0.150. The highest BCUT2D eigenvalue weighted by Gasteiger charge is 2.06. The molecule has 0 unspecified atom stereocenters. The van der Waals surface area contributed by atoms with E-state index < -0.39 is 0 Å². The summed E-state index contributed by atoms with van der Waals surface area (Å²) in [6.45, 7) is 0.261. The Balaban J connectivity index is 2.23. The molecule has 0 radical (unpaired) electrons. The molecule has 0 spiro atoms. The van der Waals surface area contributed by atoms with E-state index >= 15 is 0 Å². The highest BCUT2D eigenvalue weighted by atomic mass is 16.1. The van der Waals surface area contributed by atoms with Crippen LogP contribution in [0, 0.1) is 0 Å². The summed E-state index contributed by atoms with van der Waals surface area (Å²) < 4.78 is 1.42. The molecule has 0 fully saturated rings. The number of aromatic amines is 1. The van der Waals surface area contributed by atoms with Gasteiger partial charge in [0.15, 0.2) is 5.65 Å². The molecule has 3 N–H and O–H groups in total. The van der Waals surface area contributed by atoms with Crippen molar-refractivity contribution in [3.8, 4) is 11.3 Å². The van der Waals surface area contributed by atoms with Crippen LogP contribution in [0.5, 0.6) is 0 Å². The average molecular weight is 240 g/mol. The molecule has 3 rings (SSSR count). The Bertz CT molecular complexity index is 743. The molecule has 0 bridgehead atoms. The van der Waals surface area contributed by atoms with E-state index in [0.29, 0.717) is 11.3 Å². The van der Waals surface area contributed by atoms with E-state index in [4.69, 9.17) is 5.73 Å². The Morgan fingerprint density at radius 3 is 2.72 bits per heavy atom. The first kappa shape index (κ1) is 10.7. The van der Waals surface area contributed by atoms with Crippen LogP contribution in [0.3, 0.4) is 0 Å². The minimum absolute atomic E-state index is 0.150. The molecule has 1 aromatic carbocycles. The SMILES string of the molecule is NCc1cc(=O)n2[nH]c(-c3ccccc3)cc2n1. The van der Waals surface area contributed by atoms with Crippen LogP contribution in [-0.4, -0.2) is 14.6 Å². The second kappa shape index (κ2) is 4.12. The van der Waals surface area contributed by atoms with Gasteiger partial charge in [-0.1, -0.05) is 30.3 Å². The number of nitrogens with one attached hydrogen (secondary N) is 1. The van der Waals surface area contributed by atoms with E-state index in [1.165, 1.54) is 10.6 Å². The molecule has 0 amide bonds. The van der Waals surface area contributed by atoms with Gasteiger partial charge in [-0.2, -0.15) is 0 Å². The third-order valence-corrected chi connectivity index (χ3v) is 2.80. The first-order chi connectivity index (χ1) is 8.78. The largest absolute Gasteiger partial charge is 0.325 e. The van der Waals surface area contributed by atoms with Gasteiger partial charge in [0.25, 0.3) is 5.56 Å². The highest BCUT2D eigenvalue weighted by Crippen LogP contribution is 2.17. The highest BCUT2D eigenvalue weighted by molar-refractivity contribution is 5.63. The summed E-state index contributed by atoms with van der Waals surface area (Å²) in [4.78, 5) is 16.1. The summed E-state index contributed by atoms with van der Waals surface area (Å²) in [7, 11) is 0. The van der Waals surface area contributed by atoms with Crippen molar-refractivity contribution in [3.05, 3.63) is 58.5 Å². The number of rotatable bonds is 2. The molecule has 0 aliphatic heterocycles. The van der Waals surface area contributed by atoms with Gasteiger partial charge in [-0.15, -0.1) is 0 Å². The number of nitrogens with two attached hydrogens (primary N) is 1. The van der Waals surface area contributed by atoms with E-state index in [-0.39, 0.29) is 12.1 Å². The van der Waals surface area contributed by atoms with Gasteiger partial charge in [-0.25, -0.2) is 9.50 Å². The van der Waals surface area contributed by atoms with Crippen molar-refractivity contribution in [1.82, 2.24) is 14.6 Å². The van der Waals surface area contributed by atoms with Crippen LogP contribution >= 0.6 is 0 Å². The van der Waals surface area contributed by atoms with Crippen molar-refractivity contribution in [1.29, 1.82) is 0 Å². The lowest BCUT2D eigenvalue weighted by molar-refractivity contribution is 0.872. The van der Waals surface area contributed by atoms with Crippen LogP contribution in [0.1, 0.15) is 5.69 Å². The molecule has 5 heteroatoms. The second-order valence-corrected chi connectivity index (χ2v) is 4.02. The summed E-state index contributed by atoms with van der Waals surface area (Å²) in [6.07, 6.45) is 0. The number of fused-ring (bicyclic) bond motifs is 1. The Hall–Kier alpha value is -2.40. The van der Waals surface area contributed by atoms with Crippen LogP contribution in [0.25, 0.3) is 16.9 Å². The molecule has 5 nitrogen and oxygen atoms in total. The molecule has 2 heterocycles. The molecule has 90 valence electrons. The molecule has 0 aliphatic carbocycles. The summed E-state index contributed by atoms with van der Waals surface area (Å²) in [5, 5.41) is 3.03. The topological polar surface area (TPSA) is 76.2 Å². The van der Waals surface area contributed by atoms with Gasteiger partial charge in [0, 0.05) is 18.7 Å². The lowest BCUT2D eigenvalue weighted by Gasteiger charge is -1.96. The maximum atomic E-state index is 11.8. The maximum absolute atomic E-state index is 11.8. The quantitative estimate of drug-likeness (QED) is 0.705. The van der Waals surface area contributed by atoms with Gasteiger partial charge in [0.05, 0.1) is 11.4 Å². The lowest BCUT2D eigenvalue weighted by Crippen LogP contribution is -2.16. The molecular weight excluding hydrogens is 228 g/mol. The Labute approximate surface area is 103 Å². The van der Waals surface area contributed by atoms with Crippen LogP contribution in [0.4, 0.5) is 0 Å². The molecule has 18 heavy (non-hydrogen) atoms. The van der Waals surface area contributed by atoms with E-state index in [9.17, 15) is 4.79 Å². The fraction of sp³-hybridized carbons (Fsp3) is 0.0769. The molecule has 0 atom stereocenters. The molecule has 3 aromatic rings. The van der Waals surface area contributed by atoms with Gasteiger partial charge in [-0.3, -0.25) is 9.89 Å². The number of benzene rings is 1. The third-order valence-electron chi connectivity index (χ3n) is 2.80. The normalized spacial score (nSPS) is 10.9. The summed E-state index contributed by atoms with van der Waals surface area (Å²) in [5.74, 6) is 0. The lowest BCUT2D eigenvalue weighted by atomic mass is 10.2. The molecular formula is C13H12N4O. The number of nitrogens with zero attached hydrogens (tertiary/aromatic N) is 2. The molecule has 2 aromatic heterocycles. The van der Waals surface area contributed by atoms with Crippen molar-refractivity contribution in [2.45, 2.75) is 6.54 Å². The number of hydrogen-bond donors (Lipinski definition) is 2. The standard InChI is InChI=1S/C13H12N4O/c14-8-10-6-13(18)17-12(15-10)7-11(16-17)9-4-2-1-3-5-9/h1-7,16H,8,14H2. The summed E-state index contributed by atoms with van der Waals surface area (Å²) >= 11 is 0. The Morgan fingerprint density at radius 2 is 2.00 bits per heavy atom. The van der Waals surface area contributed by atoms with Crippen molar-refractivity contribution in [2.24, 2.45) is 5.73 Å². The number of aromatic nitrogens is 3. The second-order valence-electron chi connectivity index (χ2n) is 4.02. The zero-order valence-electron chi connectivity index (χ0n) is 9.63. The van der Waals surface area contributed by atoms with E-state index in [2.05, 4.69) is 10.1 Å². The van der Waals surface area contributed by atoms with Crippen molar-refractivity contribution < 1.29 is 0 Å². The Kier molecular flexibility index (Phi) is 2.46. The predicted molar refractivity (Wildman–Crippen MR) is 69.1 cm³/mol. The zero-order chi connectivity index (χ0) is 12.5. The van der Waals surface area contributed by atoms with Crippen LogP contribution in [-0.2, 0) is 6.54 Å². The smallest absolute Gasteiger partial charge is 0.272 e. The molecule has 0 saturated heterocycles. The molecule has 0 saturated carbocycles. The van der Waals surface area contributed by atoms with Crippen LogP contribution in [0.2, 0.25) is 0 Å². The minimum Gasteiger partial charge on any atom is -0.325 e. The van der Waals surface area contributed by atoms with Gasteiger partial charge >= 0.3 is 0 Å². The van der Waals surface area contributed by atoms with Crippen LogP contribution in [0.15, 0.2) is 47.3 Å². The predicted octanol–water partition coefficient (Wildman–Crippen LogP) is 1.15. The summed E-state index contributed by atoms with van der Waals surface area (Å²) in [6, 6.07) is 13.1. The van der Waals surface area contributed by atoms with Crippen molar-refractivity contribution in [3.63, 3.8) is 0 Å². The maximum Gasteiger partial charge on any atom is 0.272 e. The van der Waals surface area contributed by atoms with E-state index in [1.54, 1.807) is 0 Å². The third kappa shape index (κ3) is 1.70. The van der Waals surface area contributed by atoms with Gasteiger partial charge in [0.1, 0.15) is 0 Å². The Morgan fingerprint density at radius 1 is 1.22 bits per heavy atom. The van der Waals surface area contributed by atoms with E-state index in [1.807, 2.05) is 36.4 Å². The van der Waals surface area contributed by atoms with Crippen molar-refractivity contribution >= 4 is 5.65 Å². The van der Waals surface area contributed by atoms with Gasteiger partial charge in [-0.05, 0) is 5.56 Å². The zero-order valence-corrected chi connectivity index (χ0v) is 9.63. The van der Waals surface area contributed by atoms with Crippen LogP contribution < -0.4 is 11.3 Å². The molecule has 0 aliphatic rings. The van der Waals surface area contributed by atoms with Crippen molar-refractivity contribution in [2.75, 3.05) is 0 Å². The number of hydrogen-bond acceptors (Lipinski definition) is 3. The summed E-state index contributed by atoms with van der Waals surface area (Å²) in [5.41, 5.74) is 8.40. The monoisotopic (exact) mass is 240 g/mol. The number of H-pyrrole nitrogens is 1. The first-order valence-corrected chi connectivity index (χ1v) is 5.65. The fourth-order valence-electron chi connectivity index (χ4n) is 1.91. The van der Waals surface area contributed by atoms with Gasteiger partial charge < -0.3 is 5.73 Å². The average Bonchev–Trinajstić information content (AvgIpc) is 2.84.